The van der Waals surface area contributed by atoms with E-state index in [0.717, 1.165) is 0 Å². The van der Waals surface area contributed by atoms with Crippen LogP contribution in [0.2, 0.25) is 0 Å². The standard InChI is InChI=1S/C10H23O4PS/c1-5-12-6-7-13-8-9-16-15(4,11)14-10(2)3/h10H,5-9H2,1-4H3. The molecule has 1 unspecified atom stereocenters. The summed E-state index contributed by atoms with van der Waals surface area (Å²) in [6.07, 6.45) is 0.00204. The topological polar surface area (TPSA) is 44.8 Å². The summed E-state index contributed by atoms with van der Waals surface area (Å²) in [5.41, 5.74) is 0. The zero-order valence-corrected chi connectivity index (χ0v) is 12.3. The van der Waals surface area contributed by atoms with Crippen LogP contribution in [-0.4, -0.2) is 44.9 Å². The van der Waals surface area contributed by atoms with Gasteiger partial charge in [-0.25, -0.2) is 0 Å². The van der Waals surface area contributed by atoms with Crippen LogP contribution in [0, 0.1) is 0 Å². The highest BCUT2D eigenvalue weighted by molar-refractivity contribution is 8.56. The summed E-state index contributed by atoms with van der Waals surface area (Å²) < 4.78 is 27.6. The Balaban J connectivity index is 3.40. The Hall–Kier alpha value is 0.460. The summed E-state index contributed by atoms with van der Waals surface area (Å²) in [4.78, 5) is 0. The molecular weight excluding hydrogens is 247 g/mol. The molecule has 0 aliphatic rings. The van der Waals surface area contributed by atoms with Gasteiger partial charge in [0, 0.05) is 19.0 Å². The highest BCUT2D eigenvalue weighted by atomic mass is 32.7. The van der Waals surface area contributed by atoms with Crippen LogP contribution in [0.3, 0.4) is 0 Å². The van der Waals surface area contributed by atoms with Gasteiger partial charge in [-0.1, -0.05) is 11.4 Å². The van der Waals surface area contributed by atoms with Crippen LogP contribution in [-0.2, 0) is 18.6 Å². The van der Waals surface area contributed by atoms with Gasteiger partial charge in [0.15, 0.2) is 0 Å². The van der Waals surface area contributed by atoms with Crippen LogP contribution < -0.4 is 0 Å². The fourth-order valence-electron chi connectivity index (χ4n) is 1.04. The first-order valence-electron chi connectivity index (χ1n) is 5.54. The molecule has 0 N–H and O–H groups in total. The Labute approximate surface area is 103 Å². The van der Waals surface area contributed by atoms with Crippen molar-refractivity contribution in [1.82, 2.24) is 0 Å². The summed E-state index contributed by atoms with van der Waals surface area (Å²) in [6.45, 7) is 7.37. The van der Waals surface area contributed by atoms with E-state index in [9.17, 15) is 4.57 Å². The third-order valence-corrected chi connectivity index (χ3v) is 5.37. The summed E-state index contributed by atoms with van der Waals surface area (Å²) in [5.74, 6) is 0.687. The summed E-state index contributed by atoms with van der Waals surface area (Å²) in [6, 6.07) is 0. The Bertz CT molecular complexity index is 211. The van der Waals surface area contributed by atoms with Crippen molar-refractivity contribution >= 4 is 18.0 Å². The van der Waals surface area contributed by atoms with Gasteiger partial charge >= 0.3 is 0 Å². The Morgan fingerprint density at radius 1 is 1.19 bits per heavy atom. The van der Waals surface area contributed by atoms with Gasteiger partial charge in [-0.15, -0.1) is 0 Å². The number of hydrogen-bond donors (Lipinski definition) is 0. The maximum Gasteiger partial charge on any atom is 0.255 e. The molecule has 1 atom stereocenters. The van der Waals surface area contributed by atoms with Gasteiger partial charge < -0.3 is 14.0 Å². The average molecular weight is 270 g/mol. The molecule has 0 aromatic carbocycles. The maximum absolute atomic E-state index is 11.8. The van der Waals surface area contributed by atoms with Gasteiger partial charge in [0.25, 0.3) is 6.57 Å². The number of rotatable bonds is 10. The fourth-order valence-corrected chi connectivity index (χ4v) is 4.31. The monoisotopic (exact) mass is 270 g/mol. The van der Waals surface area contributed by atoms with Crippen LogP contribution in [0.15, 0.2) is 0 Å². The third kappa shape index (κ3) is 11.0. The van der Waals surface area contributed by atoms with Crippen molar-refractivity contribution in [2.45, 2.75) is 26.9 Å². The highest BCUT2D eigenvalue weighted by Crippen LogP contribution is 2.56. The molecule has 0 aromatic heterocycles. The SMILES string of the molecule is CCOCCOCCSP(C)(=O)OC(C)C. The Kier molecular flexibility index (Phi) is 9.76. The van der Waals surface area contributed by atoms with Crippen molar-refractivity contribution in [3.05, 3.63) is 0 Å². The molecule has 0 spiro atoms. The molecule has 98 valence electrons. The minimum atomic E-state index is -2.50. The zero-order chi connectivity index (χ0) is 12.4. The third-order valence-electron chi connectivity index (χ3n) is 1.53. The molecule has 16 heavy (non-hydrogen) atoms. The van der Waals surface area contributed by atoms with Gasteiger partial charge in [-0.2, -0.15) is 0 Å². The molecule has 0 aliphatic carbocycles. The molecule has 0 radical (unpaired) electrons. The predicted molar refractivity (Wildman–Crippen MR) is 69.5 cm³/mol. The Morgan fingerprint density at radius 2 is 1.81 bits per heavy atom. The molecule has 0 saturated carbocycles. The minimum absolute atomic E-state index is 0.00204. The molecular formula is C10H23O4PS. The first-order valence-corrected chi connectivity index (χ1v) is 9.20. The normalized spacial score (nSPS) is 15.3. The van der Waals surface area contributed by atoms with Crippen molar-refractivity contribution < 1.29 is 18.6 Å². The smallest absolute Gasteiger partial charge is 0.255 e. The van der Waals surface area contributed by atoms with Gasteiger partial charge in [-0.05, 0) is 20.8 Å². The largest absolute Gasteiger partial charge is 0.379 e. The second kappa shape index (κ2) is 9.49. The van der Waals surface area contributed by atoms with E-state index in [2.05, 4.69) is 0 Å². The first-order chi connectivity index (χ1) is 7.48. The summed E-state index contributed by atoms with van der Waals surface area (Å²) >= 11 is 1.34. The van der Waals surface area contributed by atoms with Crippen LogP contribution in [0.25, 0.3) is 0 Å². The van der Waals surface area contributed by atoms with Gasteiger partial charge in [0.1, 0.15) is 0 Å². The molecule has 6 heteroatoms. The quantitative estimate of drug-likeness (QED) is 0.451. The summed E-state index contributed by atoms with van der Waals surface area (Å²) in [5, 5.41) is 0. The van der Waals surface area contributed by atoms with Gasteiger partial charge in [0.05, 0.1) is 25.9 Å². The molecule has 0 fully saturated rings. The lowest BCUT2D eigenvalue weighted by atomic mass is 10.5. The zero-order valence-electron chi connectivity index (χ0n) is 10.6. The molecule has 0 aliphatic heterocycles. The molecule has 0 amide bonds. The molecule has 0 heterocycles. The highest BCUT2D eigenvalue weighted by Gasteiger charge is 2.17. The van der Waals surface area contributed by atoms with Gasteiger partial charge in [0.2, 0.25) is 0 Å². The van der Waals surface area contributed by atoms with Crippen molar-refractivity contribution in [2.75, 3.05) is 38.8 Å². The van der Waals surface area contributed by atoms with Crippen LogP contribution in [0.1, 0.15) is 20.8 Å². The second-order valence-electron chi connectivity index (χ2n) is 3.57. The molecule has 4 nitrogen and oxygen atoms in total. The summed E-state index contributed by atoms with van der Waals surface area (Å²) in [7, 11) is 0. The van der Waals surface area contributed by atoms with E-state index >= 15 is 0 Å². The average Bonchev–Trinajstić information content (AvgIpc) is 2.14. The number of ether oxygens (including phenoxy) is 2. The van der Waals surface area contributed by atoms with E-state index in [1.165, 1.54) is 11.4 Å². The van der Waals surface area contributed by atoms with E-state index in [1.54, 1.807) is 6.66 Å². The van der Waals surface area contributed by atoms with E-state index in [4.69, 9.17) is 14.0 Å². The van der Waals surface area contributed by atoms with Crippen molar-refractivity contribution in [3.8, 4) is 0 Å². The van der Waals surface area contributed by atoms with Crippen LogP contribution >= 0.6 is 18.0 Å². The van der Waals surface area contributed by atoms with Gasteiger partial charge in [-0.3, -0.25) is 4.57 Å². The van der Waals surface area contributed by atoms with Crippen LogP contribution in [0.4, 0.5) is 0 Å². The molecule has 0 rings (SSSR count). The van der Waals surface area contributed by atoms with Crippen LogP contribution in [0.5, 0.6) is 0 Å². The lowest BCUT2D eigenvalue weighted by Gasteiger charge is -2.15. The lowest BCUT2D eigenvalue weighted by Crippen LogP contribution is -2.06. The van der Waals surface area contributed by atoms with Crippen molar-refractivity contribution in [1.29, 1.82) is 0 Å². The fraction of sp³-hybridized carbons (Fsp3) is 1.00. The number of hydrogen-bond acceptors (Lipinski definition) is 5. The second-order valence-corrected chi connectivity index (χ2v) is 8.75. The van der Waals surface area contributed by atoms with E-state index in [0.29, 0.717) is 32.2 Å². The van der Waals surface area contributed by atoms with Crippen molar-refractivity contribution in [3.63, 3.8) is 0 Å². The predicted octanol–water partition coefficient (Wildman–Crippen LogP) is 3.02. The first kappa shape index (κ1) is 16.5. The van der Waals surface area contributed by atoms with Crippen molar-refractivity contribution in [2.24, 2.45) is 0 Å². The Morgan fingerprint density at radius 3 is 2.38 bits per heavy atom. The molecule has 0 saturated heterocycles. The minimum Gasteiger partial charge on any atom is -0.379 e. The molecule has 0 aromatic rings. The maximum atomic E-state index is 11.8. The van der Waals surface area contributed by atoms with E-state index in [1.807, 2.05) is 20.8 Å². The molecule has 0 bridgehead atoms. The van der Waals surface area contributed by atoms with E-state index in [-0.39, 0.29) is 6.10 Å². The lowest BCUT2D eigenvalue weighted by molar-refractivity contribution is 0.0594. The van der Waals surface area contributed by atoms with E-state index < -0.39 is 6.57 Å².